The third kappa shape index (κ3) is 3.51. The van der Waals surface area contributed by atoms with Crippen LogP contribution >= 0.6 is 11.3 Å². The molecule has 2 aromatic rings. The minimum absolute atomic E-state index is 0.0299. The van der Waals surface area contributed by atoms with Gasteiger partial charge in [-0.05, 0) is 45.4 Å². The minimum atomic E-state index is 0.0299. The van der Waals surface area contributed by atoms with Crippen LogP contribution in [0.2, 0.25) is 0 Å². The fraction of sp³-hybridized carbons (Fsp3) is 0.438. The number of hydrogen-bond acceptors (Lipinski definition) is 5. The lowest BCUT2D eigenvalue weighted by molar-refractivity contribution is -0.120. The van der Waals surface area contributed by atoms with Gasteiger partial charge in [0.15, 0.2) is 0 Å². The molecule has 0 bridgehead atoms. The van der Waals surface area contributed by atoms with Gasteiger partial charge in [0.1, 0.15) is 5.01 Å². The third-order valence-electron chi connectivity index (χ3n) is 3.79. The van der Waals surface area contributed by atoms with Crippen LogP contribution < -0.4 is 10.6 Å². The molecule has 3 rings (SSSR count). The Labute approximate surface area is 134 Å². The molecule has 1 amide bonds. The molecule has 1 aromatic carbocycles. The highest BCUT2D eigenvalue weighted by atomic mass is 32.1. The molecule has 1 saturated heterocycles. The predicted molar refractivity (Wildman–Crippen MR) is 89.0 cm³/mol. The van der Waals surface area contributed by atoms with E-state index in [1.54, 1.807) is 0 Å². The highest BCUT2D eigenvalue weighted by Crippen LogP contribution is 2.28. The van der Waals surface area contributed by atoms with Crippen LogP contribution in [0.5, 0.6) is 0 Å². The minimum Gasteiger partial charge on any atom is -0.316 e. The number of carbonyl (C=O) groups excluding carboxylic acids is 1. The summed E-state index contributed by atoms with van der Waals surface area (Å²) in [5.74, 6) is 0.0673. The molecule has 116 valence electrons. The maximum atomic E-state index is 12.2. The van der Waals surface area contributed by atoms with Gasteiger partial charge in [0.2, 0.25) is 11.0 Å². The van der Waals surface area contributed by atoms with E-state index in [4.69, 9.17) is 0 Å². The standard InChI is InChI=1S/C16H20N4OS/c1-10-6-11(2)8-13(7-10)15-19-20-16(22-15)18-14(21)12-4-3-5-17-9-12/h6-8,12,17H,3-5,9H2,1-2H3,(H,18,20,21). The van der Waals surface area contributed by atoms with Gasteiger partial charge in [-0.3, -0.25) is 4.79 Å². The first kappa shape index (κ1) is 15.1. The van der Waals surface area contributed by atoms with E-state index in [2.05, 4.69) is 52.9 Å². The van der Waals surface area contributed by atoms with Crippen LogP contribution in [0.3, 0.4) is 0 Å². The number of aromatic nitrogens is 2. The SMILES string of the molecule is Cc1cc(C)cc(-c2nnc(NC(=O)C3CCCNC3)s2)c1. The Kier molecular flexibility index (Phi) is 4.49. The number of piperidine rings is 1. The Morgan fingerprint density at radius 2 is 2.05 bits per heavy atom. The Morgan fingerprint density at radius 3 is 2.73 bits per heavy atom. The summed E-state index contributed by atoms with van der Waals surface area (Å²) in [6.45, 7) is 5.88. The van der Waals surface area contributed by atoms with E-state index in [0.29, 0.717) is 5.13 Å². The first-order valence-corrected chi connectivity index (χ1v) is 8.37. The molecule has 1 fully saturated rings. The first-order valence-electron chi connectivity index (χ1n) is 7.55. The van der Waals surface area contributed by atoms with Crippen LogP contribution in [0, 0.1) is 19.8 Å². The van der Waals surface area contributed by atoms with Crippen molar-refractivity contribution in [3.63, 3.8) is 0 Å². The van der Waals surface area contributed by atoms with Crippen LogP contribution in [-0.2, 0) is 4.79 Å². The highest BCUT2D eigenvalue weighted by Gasteiger charge is 2.22. The summed E-state index contributed by atoms with van der Waals surface area (Å²) in [5.41, 5.74) is 3.45. The molecule has 1 atom stereocenters. The fourth-order valence-corrected chi connectivity index (χ4v) is 3.51. The summed E-state index contributed by atoms with van der Waals surface area (Å²) >= 11 is 1.42. The summed E-state index contributed by atoms with van der Waals surface area (Å²) < 4.78 is 0. The molecule has 1 aromatic heterocycles. The molecule has 6 heteroatoms. The second-order valence-corrected chi connectivity index (χ2v) is 6.80. The average Bonchev–Trinajstić information content (AvgIpc) is 2.96. The molecule has 0 radical (unpaired) electrons. The summed E-state index contributed by atoms with van der Waals surface area (Å²) in [5, 5.41) is 15.9. The summed E-state index contributed by atoms with van der Waals surface area (Å²) in [7, 11) is 0. The number of benzene rings is 1. The highest BCUT2D eigenvalue weighted by molar-refractivity contribution is 7.18. The maximum Gasteiger partial charge on any atom is 0.230 e. The van der Waals surface area contributed by atoms with E-state index in [0.717, 1.165) is 36.5 Å². The Balaban J connectivity index is 1.72. The van der Waals surface area contributed by atoms with Gasteiger partial charge in [0.05, 0.1) is 5.92 Å². The number of anilines is 1. The van der Waals surface area contributed by atoms with E-state index < -0.39 is 0 Å². The van der Waals surface area contributed by atoms with Crippen molar-refractivity contribution in [1.29, 1.82) is 0 Å². The number of aryl methyl sites for hydroxylation is 2. The van der Waals surface area contributed by atoms with Gasteiger partial charge in [-0.25, -0.2) is 0 Å². The summed E-state index contributed by atoms with van der Waals surface area (Å²) in [6.07, 6.45) is 1.98. The lowest BCUT2D eigenvalue weighted by atomic mass is 9.99. The second kappa shape index (κ2) is 6.54. The van der Waals surface area contributed by atoms with Crippen molar-refractivity contribution < 1.29 is 4.79 Å². The fourth-order valence-electron chi connectivity index (χ4n) is 2.77. The van der Waals surface area contributed by atoms with E-state index in [-0.39, 0.29) is 11.8 Å². The van der Waals surface area contributed by atoms with Gasteiger partial charge in [-0.2, -0.15) is 0 Å². The number of nitrogens with one attached hydrogen (secondary N) is 2. The van der Waals surface area contributed by atoms with Gasteiger partial charge in [0.25, 0.3) is 0 Å². The molecule has 2 heterocycles. The largest absolute Gasteiger partial charge is 0.316 e. The zero-order chi connectivity index (χ0) is 15.5. The topological polar surface area (TPSA) is 66.9 Å². The summed E-state index contributed by atoms with van der Waals surface area (Å²) in [4.78, 5) is 12.2. The van der Waals surface area contributed by atoms with Crippen LogP contribution in [-0.4, -0.2) is 29.2 Å². The molecule has 22 heavy (non-hydrogen) atoms. The van der Waals surface area contributed by atoms with Crippen molar-refractivity contribution >= 4 is 22.4 Å². The molecule has 5 nitrogen and oxygen atoms in total. The zero-order valence-corrected chi connectivity index (χ0v) is 13.7. The number of nitrogens with zero attached hydrogens (tertiary/aromatic N) is 2. The molecule has 1 aliphatic heterocycles. The van der Waals surface area contributed by atoms with E-state index in [9.17, 15) is 4.79 Å². The van der Waals surface area contributed by atoms with Crippen LogP contribution in [0.1, 0.15) is 24.0 Å². The van der Waals surface area contributed by atoms with Crippen LogP contribution in [0.15, 0.2) is 18.2 Å². The predicted octanol–water partition coefficient (Wildman–Crippen LogP) is 2.76. The van der Waals surface area contributed by atoms with Crippen molar-refractivity contribution in [1.82, 2.24) is 15.5 Å². The molecule has 1 unspecified atom stereocenters. The van der Waals surface area contributed by atoms with Gasteiger partial charge in [-0.15, -0.1) is 10.2 Å². The Bertz CT molecular complexity index is 656. The zero-order valence-electron chi connectivity index (χ0n) is 12.8. The van der Waals surface area contributed by atoms with Crippen LogP contribution in [0.4, 0.5) is 5.13 Å². The van der Waals surface area contributed by atoms with Gasteiger partial charge >= 0.3 is 0 Å². The van der Waals surface area contributed by atoms with Crippen molar-refractivity contribution in [2.45, 2.75) is 26.7 Å². The van der Waals surface area contributed by atoms with Gasteiger partial charge in [0, 0.05) is 12.1 Å². The van der Waals surface area contributed by atoms with Crippen molar-refractivity contribution in [3.8, 4) is 10.6 Å². The molecular formula is C16H20N4OS. The van der Waals surface area contributed by atoms with E-state index in [1.807, 2.05) is 0 Å². The maximum absolute atomic E-state index is 12.2. The van der Waals surface area contributed by atoms with Crippen LogP contribution in [0.25, 0.3) is 10.6 Å². The number of amides is 1. The molecule has 1 aliphatic rings. The lowest BCUT2D eigenvalue weighted by Gasteiger charge is -2.21. The van der Waals surface area contributed by atoms with Crippen molar-refractivity contribution in [2.24, 2.45) is 5.92 Å². The Morgan fingerprint density at radius 1 is 1.27 bits per heavy atom. The number of carbonyl (C=O) groups is 1. The monoisotopic (exact) mass is 316 g/mol. The van der Waals surface area contributed by atoms with E-state index in [1.165, 1.54) is 22.5 Å². The number of rotatable bonds is 3. The lowest BCUT2D eigenvalue weighted by Crippen LogP contribution is -2.37. The van der Waals surface area contributed by atoms with Crippen molar-refractivity contribution in [3.05, 3.63) is 29.3 Å². The van der Waals surface area contributed by atoms with Gasteiger partial charge in [-0.1, -0.05) is 28.5 Å². The molecular weight excluding hydrogens is 296 g/mol. The molecule has 2 N–H and O–H groups in total. The average molecular weight is 316 g/mol. The van der Waals surface area contributed by atoms with Gasteiger partial charge < -0.3 is 10.6 Å². The smallest absolute Gasteiger partial charge is 0.230 e. The molecule has 0 saturated carbocycles. The van der Waals surface area contributed by atoms with E-state index >= 15 is 0 Å². The number of hydrogen-bond donors (Lipinski definition) is 2. The normalized spacial score (nSPS) is 18.2. The third-order valence-corrected chi connectivity index (χ3v) is 4.68. The van der Waals surface area contributed by atoms with Crippen molar-refractivity contribution in [2.75, 3.05) is 18.4 Å². The molecule has 0 aliphatic carbocycles. The summed E-state index contributed by atoms with van der Waals surface area (Å²) in [6, 6.07) is 6.30. The Hall–Kier alpha value is -1.79. The first-order chi connectivity index (χ1) is 10.6. The quantitative estimate of drug-likeness (QED) is 0.914. The molecule has 0 spiro atoms. The second-order valence-electron chi connectivity index (χ2n) is 5.82.